The lowest BCUT2D eigenvalue weighted by Crippen LogP contribution is -2.14. The molecule has 2 N–H and O–H groups in total. The summed E-state index contributed by atoms with van der Waals surface area (Å²) in [6.45, 7) is 2.35. The number of allylic oxidation sites excluding steroid dienone is 2. The van der Waals surface area contributed by atoms with Crippen molar-refractivity contribution in [2.24, 2.45) is 5.92 Å². The van der Waals surface area contributed by atoms with Gasteiger partial charge in [-0.3, -0.25) is 4.79 Å². The van der Waals surface area contributed by atoms with Crippen LogP contribution in [0.1, 0.15) is 103 Å². The van der Waals surface area contributed by atoms with Crippen molar-refractivity contribution < 1.29 is 15.0 Å². The molecule has 0 rings (SSSR count). The summed E-state index contributed by atoms with van der Waals surface area (Å²) in [4.78, 5) is 11.1. The van der Waals surface area contributed by atoms with Gasteiger partial charge in [-0.15, -0.1) is 0 Å². The molecule has 0 aromatic rings. The highest BCUT2D eigenvalue weighted by atomic mass is 16.4. The van der Waals surface area contributed by atoms with Crippen molar-refractivity contribution in [3.05, 3.63) is 12.2 Å². The number of aliphatic carboxylic acids is 1. The second kappa shape index (κ2) is 18.5. The molecule has 3 heteroatoms. The van der Waals surface area contributed by atoms with Crippen LogP contribution < -0.4 is 0 Å². The van der Waals surface area contributed by atoms with E-state index >= 15 is 0 Å². The molecule has 0 bridgehead atoms. The molecule has 3 nitrogen and oxygen atoms in total. The van der Waals surface area contributed by atoms with Crippen LogP contribution in [0.5, 0.6) is 0 Å². The molecular formula is C21H40O3. The lowest BCUT2D eigenvalue weighted by Gasteiger charge is -2.10. The Morgan fingerprint density at radius 3 is 1.83 bits per heavy atom. The molecule has 0 saturated carbocycles. The number of carbonyl (C=O) groups is 1. The molecule has 0 spiro atoms. The molecular weight excluding hydrogens is 300 g/mol. The fourth-order valence-electron chi connectivity index (χ4n) is 3.01. The highest BCUT2D eigenvalue weighted by Crippen LogP contribution is 2.17. The first-order valence-electron chi connectivity index (χ1n) is 10.2. The predicted molar refractivity (Wildman–Crippen MR) is 102 cm³/mol. The van der Waals surface area contributed by atoms with Crippen LogP contribution in [0, 0.1) is 5.92 Å². The van der Waals surface area contributed by atoms with Crippen molar-refractivity contribution in [1.82, 2.24) is 0 Å². The maximum absolute atomic E-state index is 11.1. The number of aliphatic hydroxyl groups is 1. The van der Waals surface area contributed by atoms with E-state index in [1.165, 1.54) is 57.8 Å². The van der Waals surface area contributed by atoms with E-state index in [2.05, 4.69) is 19.1 Å². The molecule has 0 amide bonds. The minimum atomic E-state index is -0.707. The van der Waals surface area contributed by atoms with Crippen molar-refractivity contribution in [2.45, 2.75) is 103 Å². The number of carboxylic acids is 1. The van der Waals surface area contributed by atoms with Crippen LogP contribution >= 0.6 is 0 Å². The highest BCUT2D eigenvalue weighted by Gasteiger charge is 2.15. The Bertz CT molecular complexity index is 299. The molecule has 142 valence electrons. The number of hydrogen-bond donors (Lipinski definition) is 2. The number of unbranched alkanes of at least 4 members (excludes halogenated alkanes) is 10. The Hall–Kier alpha value is -0.830. The summed E-state index contributed by atoms with van der Waals surface area (Å²) in [6.07, 6.45) is 21.6. The van der Waals surface area contributed by atoms with Crippen LogP contribution in [0.2, 0.25) is 0 Å². The van der Waals surface area contributed by atoms with Gasteiger partial charge in [-0.25, -0.2) is 0 Å². The lowest BCUT2D eigenvalue weighted by molar-refractivity contribution is -0.142. The Morgan fingerprint density at radius 2 is 1.29 bits per heavy atom. The van der Waals surface area contributed by atoms with Gasteiger partial charge in [-0.05, 0) is 44.9 Å². The lowest BCUT2D eigenvalue weighted by atomic mass is 9.96. The quantitative estimate of drug-likeness (QED) is 0.234. The molecule has 1 atom stereocenters. The second-order valence-electron chi connectivity index (χ2n) is 6.92. The largest absolute Gasteiger partial charge is 0.481 e. The van der Waals surface area contributed by atoms with Gasteiger partial charge in [0.1, 0.15) is 0 Å². The molecule has 0 aliphatic rings. The zero-order chi connectivity index (χ0) is 17.9. The number of aliphatic hydroxyl groups excluding tert-OH is 1. The number of hydrogen-bond acceptors (Lipinski definition) is 2. The average Bonchev–Trinajstić information content (AvgIpc) is 2.57. The van der Waals surface area contributed by atoms with Crippen LogP contribution in [-0.2, 0) is 4.79 Å². The molecule has 0 aliphatic heterocycles. The maximum atomic E-state index is 11.1. The van der Waals surface area contributed by atoms with E-state index in [-0.39, 0.29) is 12.5 Å². The van der Waals surface area contributed by atoms with E-state index in [1.54, 1.807) is 0 Å². The molecule has 0 heterocycles. The van der Waals surface area contributed by atoms with Crippen molar-refractivity contribution in [2.75, 3.05) is 6.61 Å². The van der Waals surface area contributed by atoms with Crippen molar-refractivity contribution in [3.8, 4) is 0 Å². The SMILES string of the molecule is CCCCCCCC/C=C\CCCCCCC(CCCO)C(=O)O. The third-order valence-corrected chi connectivity index (χ3v) is 4.62. The summed E-state index contributed by atoms with van der Waals surface area (Å²) in [7, 11) is 0. The Morgan fingerprint density at radius 1 is 0.792 bits per heavy atom. The fraction of sp³-hybridized carbons (Fsp3) is 0.857. The van der Waals surface area contributed by atoms with E-state index in [9.17, 15) is 4.79 Å². The topological polar surface area (TPSA) is 57.5 Å². The van der Waals surface area contributed by atoms with Gasteiger partial charge in [0.05, 0.1) is 5.92 Å². The number of rotatable bonds is 18. The van der Waals surface area contributed by atoms with Crippen molar-refractivity contribution in [1.29, 1.82) is 0 Å². The van der Waals surface area contributed by atoms with Crippen molar-refractivity contribution >= 4 is 5.97 Å². The van der Waals surface area contributed by atoms with E-state index in [1.807, 2.05) is 0 Å². The van der Waals surface area contributed by atoms with Gasteiger partial charge in [0, 0.05) is 6.61 Å². The summed E-state index contributed by atoms with van der Waals surface area (Å²) in [5.74, 6) is -0.976. The molecule has 1 unspecified atom stereocenters. The smallest absolute Gasteiger partial charge is 0.306 e. The standard InChI is InChI=1S/C21H40O3/c1-2-3-4-5-6-7-8-9-10-11-12-13-14-15-17-20(21(23)24)18-16-19-22/h9-10,20,22H,2-8,11-19H2,1H3,(H,23,24)/b10-9-. The zero-order valence-corrected chi connectivity index (χ0v) is 15.8. The maximum Gasteiger partial charge on any atom is 0.306 e. The van der Waals surface area contributed by atoms with Gasteiger partial charge in [0.15, 0.2) is 0 Å². The molecule has 24 heavy (non-hydrogen) atoms. The van der Waals surface area contributed by atoms with Gasteiger partial charge in [-0.1, -0.05) is 70.4 Å². The first-order chi connectivity index (χ1) is 11.7. The fourth-order valence-corrected chi connectivity index (χ4v) is 3.01. The third-order valence-electron chi connectivity index (χ3n) is 4.62. The van der Waals surface area contributed by atoms with Crippen LogP contribution in [0.15, 0.2) is 12.2 Å². The Labute approximate surface area is 149 Å². The normalized spacial score (nSPS) is 12.8. The summed E-state index contributed by atoms with van der Waals surface area (Å²) >= 11 is 0. The summed E-state index contributed by atoms with van der Waals surface area (Å²) in [5, 5.41) is 17.9. The molecule has 0 radical (unpaired) electrons. The van der Waals surface area contributed by atoms with Gasteiger partial charge in [0.2, 0.25) is 0 Å². The van der Waals surface area contributed by atoms with Crippen LogP contribution in [0.4, 0.5) is 0 Å². The minimum absolute atomic E-state index is 0.0921. The van der Waals surface area contributed by atoms with Gasteiger partial charge in [-0.2, -0.15) is 0 Å². The summed E-state index contributed by atoms with van der Waals surface area (Å²) < 4.78 is 0. The van der Waals surface area contributed by atoms with Crippen LogP contribution in [0.3, 0.4) is 0 Å². The average molecular weight is 341 g/mol. The Balaban J connectivity index is 3.37. The molecule has 0 aliphatic carbocycles. The van der Waals surface area contributed by atoms with E-state index < -0.39 is 5.97 Å². The van der Waals surface area contributed by atoms with Gasteiger partial charge >= 0.3 is 5.97 Å². The van der Waals surface area contributed by atoms with E-state index in [0.717, 1.165) is 25.7 Å². The second-order valence-corrected chi connectivity index (χ2v) is 6.92. The van der Waals surface area contributed by atoms with Gasteiger partial charge in [0.25, 0.3) is 0 Å². The minimum Gasteiger partial charge on any atom is -0.481 e. The first kappa shape index (κ1) is 23.2. The van der Waals surface area contributed by atoms with E-state index in [4.69, 9.17) is 10.2 Å². The summed E-state index contributed by atoms with van der Waals surface area (Å²) in [5.41, 5.74) is 0. The van der Waals surface area contributed by atoms with Crippen molar-refractivity contribution in [3.63, 3.8) is 0 Å². The molecule has 0 aromatic heterocycles. The van der Waals surface area contributed by atoms with Gasteiger partial charge < -0.3 is 10.2 Å². The summed E-state index contributed by atoms with van der Waals surface area (Å²) in [6, 6.07) is 0. The predicted octanol–water partition coefficient (Wildman–Crippen LogP) is 6.11. The third kappa shape index (κ3) is 16.0. The highest BCUT2D eigenvalue weighted by molar-refractivity contribution is 5.69. The monoisotopic (exact) mass is 340 g/mol. The van der Waals surface area contributed by atoms with Crippen LogP contribution in [0.25, 0.3) is 0 Å². The molecule has 0 saturated heterocycles. The van der Waals surface area contributed by atoms with Crippen LogP contribution in [-0.4, -0.2) is 22.8 Å². The zero-order valence-electron chi connectivity index (χ0n) is 15.8. The Kier molecular flexibility index (Phi) is 17.9. The number of carboxylic acid groups (broad SMARTS) is 1. The molecule has 0 fully saturated rings. The van der Waals surface area contributed by atoms with E-state index in [0.29, 0.717) is 12.8 Å². The first-order valence-corrected chi connectivity index (χ1v) is 10.2. The molecule has 0 aromatic carbocycles.